The van der Waals surface area contributed by atoms with E-state index in [9.17, 15) is 8.42 Å². The molecule has 0 fully saturated rings. The molecule has 1 N–H and O–H groups in total. The molecule has 0 spiro atoms. The molecular weight excluding hydrogens is 342 g/mol. The van der Waals surface area contributed by atoms with Crippen molar-refractivity contribution in [1.82, 2.24) is 19.4 Å². The van der Waals surface area contributed by atoms with Crippen molar-refractivity contribution in [1.29, 1.82) is 0 Å². The third kappa shape index (κ3) is 3.11. The maximum atomic E-state index is 11.8. The number of hydrogen-bond acceptors (Lipinski definition) is 6. The van der Waals surface area contributed by atoms with Crippen LogP contribution in [0.3, 0.4) is 0 Å². The van der Waals surface area contributed by atoms with Gasteiger partial charge in [0.2, 0.25) is 15.9 Å². The molecule has 3 heterocycles. The molecular formula is C16H21N5O3S. The number of hydrogen-bond donors (Lipinski definition) is 1. The van der Waals surface area contributed by atoms with Crippen molar-refractivity contribution < 1.29 is 13.2 Å². The van der Waals surface area contributed by atoms with E-state index in [1.165, 1.54) is 0 Å². The van der Waals surface area contributed by atoms with Crippen molar-refractivity contribution in [2.45, 2.75) is 33.1 Å². The predicted molar refractivity (Wildman–Crippen MR) is 96.7 cm³/mol. The molecule has 0 saturated heterocycles. The van der Waals surface area contributed by atoms with E-state index in [1.54, 1.807) is 19.2 Å². The molecule has 3 rings (SSSR count). The zero-order valence-electron chi connectivity index (χ0n) is 14.9. The third-order valence-corrected chi connectivity index (χ3v) is 4.68. The summed E-state index contributed by atoms with van der Waals surface area (Å²) in [7, 11) is -1.93. The molecule has 1 unspecified atom stereocenters. The van der Waals surface area contributed by atoms with Crippen molar-refractivity contribution in [3.05, 3.63) is 23.7 Å². The van der Waals surface area contributed by atoms with Gasteiger partial charge in [0.05, 0.1) is 19.1 Å². The van der Waals surface area contributed by atoms with Gasteiger partial charge in [0.25, 0.3) is 0 Å². The van der Waals surface area contributed by atoms with E-state index in [0.717, 1.165) is 18.5 Å². The summed E-state index contributed by atoms with van der Waals surface area (Å²) in [6.07, 6.45) is 1.99. The van der Waals surface area contributed by atoms with E-state index < -0.39 is 10.0 Å². The number of anilines is 1. The first kappa shape index (κ1) is 17.4. The first-order chi connectivity index (χ1) is 11.7. The maximum Gasteiger partial charge on any atom is 0.231 e. The number of pyridine rings is 1. The second kappa shape index (κ2) is 6.14. The number of aryl methyl sites for hydroxylation is 1. The Balaban J connectivity index is 2.47. The first-order valence-electron chi connectivity index (χ1n) is 7.96. The second-order valence-electron chi connectivity index (χ2n) is 6.08. The number of aromatic nitrogens is 4. The van der Waals surface area contributed by atoms with Crippen LogP contribution in [0.1, 0.15) is 37.7 Å². The lowest BCUT2D eigenvalue weighted by Crippen LogP contribution is -2.13. The third-order valence-electron chi connectivity index (χ3n) is 4.12. The SMILES string of the molecule is CCC(C)c1nc(C)c2c(NS(C)(=O)=O)nc3ccc(OC)nc3n12. The Morgan fingerprint density at radius 3 is 2.60 bits per heavy atom. The quantitative estimate of drug-likeness (QED) is 0.748. The van der Waals surface area contributed by atoms with Gasteiger partial charge in [0.15, 0.2) is 11.5 Å². The first-order valence-corrected chi connectivity index (χ1v) is 9.85. The molecule has 0 radical (unpaired) electrons. The van der Waals surface area contributed by atoms with E-state index in [1.807, 2.05) is 11.3 Å². The van der Waals surface area contributed by atoms with Crippen LogP contribution in [0.4, 0.5) is 5.82 Å². The molecule has 3 aromatic rings. The molecule has 0 aliphatic rings. The van der Waals surface area contributed by atoms with Crippen LogP contribution in [0.25, 0.3) is 16.7 Å². The average Bonchev–Trinajstić information content (AvgIpc) is 2.90. The van der Waals surface area contributed by atoms with Gasteiger partial charge in [-0.05, 0) is 19.4 Å². The minimum absolute atomic E-state index is 0.172. The van der Waals surface area contributed by atoms with Gasteiger partial charge in [0.1, 0.15) is 16.9 Å². The fourth-order valence-corrected chi connectivity index (χ4v) is 3.26. The summed E-state index contributed by atoms with van der Waals surface area (Å²) in [6, 6.07) is 3.45. The summed E-state index contributed by atoms with van der Waals surface area (Å²) in [4.78, 5) is 13.6. The highest BCUT2D eigenvalue weighted by atomic mass is 32.2. The number of nitrogens with one attached hydrogen (secondary N) is 1. The Kier molecular flexibility index (Phi) is 4.28. The zero-order chi connectivity index (χ0) is 18.4. The fraction of sp³-hybridized carbons (Fsp3) is 0.438. The Bertz CT molecular complexity index is 1060. The van der Waals surface area contributed by atoms with Crippen LogP contribution < -0.4 is 9.46 Å². The number of methoxy groups -OCH3 is 1. The highest BCUT2D eigenvalue weighted by molar-refractivity contribution is 7.92. The topological polar surface area (TPSA) is 98.5 Å². The normalized spacial score (nSPS) is 13.3. The van der Waals surface area contributed by atoms with Crippen molar-refractivity contribution >= 4 is 32.5 Å². The summed E-state index contributed by atoms with van der Waals surface area (Å²) in [5, 5.41) is 0. The van der Waals surface area contributed by atoms with Gasteiger partial charge in [-0.1, -0.05) is 13.8 Å². The Hall–Kier alpha value is -2.42. The van der Waals surface area contributed by atoms with Gasteiger partial charge >= 0.3 is 0 Å². The molecule has 0 amide bonds. The summed E-state index contributed by atoms with van der Waals surface area (Å²) in [5.41, 5.74) is 2.44. The minimum Gasteiger partial charge on any atom is -0.481 e. The maximum absolute atomic E-state index is 11.8. The number of rotatable bonds is 5. The molecule has 0 saturated carbocycles. The van der Waals surface area contributed by atoms with E-state index >= 15 is 0 Å². The smallest absolute Gasteiger partial charge is 0.231 e. The minimum atomic E-state index is -3.48. The van der Waals surface area contributed by atoms with Crippen LogP contribution in [0, 0.1) is 6.92 Å². The Morgan fingerprint density at radius 2 is 2.00 bits per heavy atom. The monoisotopic (exact) mass is 363 g/mol. The fourth-order valence-electron chi connectivity index (χ4n) is 2.77. The number of ether oxygens (including phenoxy) is 1. The lowest BCUT2D eigenvalue weighted by Gasteiger charge is -2.13. The van der Waals surface area contributed by atoms with E-state index in [4.69, 9.17) is 4.74 Å². The number of imidazole rings is 1. The predicted octanol–water partition coefficient (Wildman–Crippen LogP) is 2.48. The van der Waals surface area contributed by atoms with Gasteiger partial charge in [-0.15, -0.1) is 0 Å². The van der Waals surface area contributed by atoms with Gasteiger partial charge in [0, 0.05) is 12.0 Å². The lowest BCUT2D eigenvalue weighted by atomic mass is 10.1. The summed E-state index contributed by atoms with van der Waals surface area (Å²) in [6.45, 7) is 5.99. The van der Waals surface area contributed by atoms with Gasteiger partial charge < -0.3 is 4.74 Å². The molecule has 134 valence electrons. The van der Waals surface area contributed by atoms with Gasteiger partial charge in [-0.2, -0.15) is 4.98 Å². The van der Waals surface area contributed by atoms with Crippen LogP contribution in [-0.2, 0) is 10.0 Å². The average molecular weight is 363 g/mol. The number of fused-ring (bicyclic) bond motifs is 3. The zero-order valence-corrected chi connectivity index (χ0v) is 15.7. The molecule has 0 aliphatic heterocycles. The molecule has 0 bridgehead atoms. The van der Waals surface area contributed by atoms with Crippen molar-refractivity contribution in [2.75, 3.05) is 18.1 Å². The van der Waals surface area contributed by atoms with Crippen LogP contribution >= 0.6 is 0 Å². The van der Waals surface area contributed by atoms with E-state index in [2.05, 4.69) is 33.5 Å². The van der Waals surface area contributed by atoms with Gasteiger partial charge in [-0.3, -0.25) is 9.12 Å². The van der Waals surface area contributed by atoms with Crippen molar-refractivity contribution in [3.63, 3.8) is 0 Å². The summed E-state index contributed by atoms with van der Waals surface area (Å²) < 4.78 is 33.2. The largest absolute Gasteiger partial charge is 0.481 e. The second-order valence-corrected chi connectivity index (χ2v) is 7.83. The number of nitrogens with zero attached hydrogens (tertiary/aromatic N) is 4. The standard InChI is InChI=1S/C16H21N5O3S/c1-6-9(2)15-17-10(3)13-14(20-25(5,22)23)18-11-7-8-12(24-4)19-16(11)21(13)15/h7-9H,6H2,1-5H3,(H,18,20). The van der Waals surface area contributed by atoms with Crippen LogP contribution in [-0.4, -0.2) is 41.1 Å². The van der Waals surface area contributed by atoms with E-state index in [-0.39, 0.29) is 11.7 Å². The molecule has 0 aliphatic carbocycles. The highest BCUT2D eigenvalue weighted by Gasteiger charge is 2.22. The Labute approximate surface area is 146 Å². The van der Waals surface area contributed by atoms with Gasteiger partial charge in [-0.25, -0.2) is 18.4 Å². The molecule has 0 aromatic carbocycles. The molecule has 1 atom stereocenters. The highest BCUT2D eigenvalue weighted by Crippen LogP contribution is 2.30. The summed E-state index contributed by atoms with van der Waals surface area (Å²) in [5.74, 6) is 1.70. The van der Waals surface area contributed by atoms with Crippen molar-refractivity contribution in [2.24, 2.45) is 0 Å². The van der Waals surface area contributed by atoms with Crippen LogP contribution in [0.15, 0.2) is 12.1 Å². The summed E-state index contributed by atoms with van der Waals surface area (Å²) >= 11 is 0. The van der Waals surface area contributed by atoms with Crippen LogP contribution in [0.5, 0.6) is 5.88 Å². The van der Waals surface area contributed by atoms with Crippen molar-refractivity contribution in [3.8, 4) is 5.88 Å². The molecule has 8 nitrogen and oxygen atoms in total. The van der Waals surface area contributed by atoms with E-state index in [0.29, 0.717) is 28.3 Å². The molecule has 9 heteroatoms. The molecule has 3 aromatic heterocycles. The lowest BCUT2D eigenvalue weighted by molar-refractivity contribution is 0.399. The molecule has 25 heavy (non-hydrogen) atoms. The Morgan fingerprint density at radius 1 is 1.28 bits per heavy atom. The number of sulfonamides is 1. The van der Waals surface area contributed by atoms with Crippen LogP contribution in [0.2, 0.25) is 0 Å².